The summed E-state index contributed by atoms with van der Waals surface area (Å²) in [6.07, 6.45) is 0.927. The average Bonchev–Trinajstić information content (AvgIpc) is 2.32. The minimum atomic E-state index is 0.773. The third-order valence-electron chi connectivity index (χ3n) is 2.85. The molecule has 2 aromatic rings. The number of nitrogens with one attached hydrogen (secondary N) is 1. The van der Waals surface area contributed by atoms with Crippen LogP contribution in [0.4, 0.5) is 5.69 Å². The summed E-state index contributed by atoms with van der Waals surface area (Å²) in [6.45, 7) is 4.12. The van der Waals surface area contributed by atoms with E-state index in [1.807, 2.05) is 26.1 Å². The van der Waals surface area contributed by atoms with Crippen LogP contribution in [0.1, 0.15) is 18.2 Å². The molecule has 84 valence electrons. The van der Waals surface area contributed by atoms with Crippen LogP contribution in [0.5, 0.6) is 0 Å². The van der Waals surface area contributed by atoms with Crippen LogP contribution in [0, 0.1) is 6.92 Å². The SMILES string of the molecule is CCc1cc(NC)c2ccc(Cl)c(C)c2n1. The number of hydrogen-bond acceptors (Lipinski definition) is 2. The lowest BCUT2D eigenvalue weighted by Crippen LogP contribution is -1.97. The summed E-state index contributed by atoms with van der Waals surface area (Å²) >= 11 is 6.12. The van der Waals surface area contributed by atoms with Crippen molar-refractivity contribution in [3.05, 3.63) is 34.5 Å². The highest BCUT2D eigenvalue weighted by Crippen LogP contribution is 2.29. The molecule has 3 heteroatoms. The van der Waals surface area contributed by atoms with Crippen molar-refractivity contribution in [1.82, 2.24) is 4.98 Å². The third-order valence-corrected chi connectivity index (χ3v) is 3.26. The molecule has 0 atom stereocenters. The molecule has 1 aromatic heterocycles. The number of aromatic nitrogens is 1. The molecular weight excluding hydrogens is 220 g/mol. The molecule has 0 fully saturated rings. The van der Waals surface area contributed by atoms with Gasteiger partial charge in [-0.25, -0.2) is 0 Å². The molecule has 0 spiro atoms. The molecule has 2 nitrogen and oxygen atoms in total. The van der Waals surface area contributed by atoms with Gasteiger partial charge in [0.2, 0.25) is 0 Å². The summed E-state index contributed by atoms with van der Waals surface area (Å²) in [7, 11) is 1.93. The van der Waals surface area contributed by atoms with Crippen molar-refractivity contribution >= 4 is 28.2 Å². The van der Waals surface area contributed by atoms with E-state index in [1.165, 1.54) is 0 Å². The Labute approximate surface area is 101 Å². The van der Waals surface area contributed by atoms with Gasteiger partial charge in [0.15, 0.2) is 0 Å². The lowest BCUT2D eigenvalue weighted by Gasteiger charge is -2.10. The number of rotatable bonds is 2. The Morgan fingerprint density at radius 1 is 1.38 bits per heavy atom. The van der Waals surface area contributed by atoms with E-state index in [9.17, 15) is 0 Å². The second-order valence-electron chi connectivity index (χ2n) is 3.83. The first-order chi connectivity index (χ1) is 7.67. The molecule has 0 amide bonds. The normalized spacial score (nSPS) is 10.8. The molecule has 1 heterocycles. The van der Waals surface area contributed by atoms with Gasteiger partial charge in [-0.05, 0) is 37.1 Å². The highest BCUT2D eigenvalue weighted by Gasteiger charge is 2.08. The highest BCUT2D eigenvalue weighted by atomic mass is 35.5. The minimum absolute atomic E-state index is 0.773. The summed E-state index contributed by atoms with van der Waals surface area (Å²) in [6, 6.07) is 6.03. The Morgan fingerprint density at radius 2 is 2.12 bits per heavy atom. The third kappa shape index (κ3) is 1.74. The van der Waals surface area contributed by atoms with Crippen LogP contribution in [-0.2, 0) is 6.42 Å². The van der Waals surface area contributed by atoms with Crippen molar-refractivity contribution in [2.45, 2.75) is 20.3 Å². The minimum Gasteiger partial charge on any atom is -0.388 e. The first-order valence-electron chi connectivity index (χ1n) is 5.43. The molecule has 0 radical (unpaired) electrons. The number of anilines is 1. The second kappa shape index (κ2) is 4.30. The summed E-state index contributed by atoms with van der Waals surface area (Å²) in [4.78, 5) is 4.64. The zero-order chi connectivity index (χ0) is 11.7. The van der Waals surface area contributed by atoms with Gasteiger partial charge in [-0.15, -0.1) is 0 Å². The quantitative estimate of drug-likeness (QED) is 0.855. The number of aryl methyl sites for hydroxylation is 2. The summed E-state index contributed by atoms with van der Waals surface area (Å²) < 4.78 is 0. The van der Waals surface area contributed by atoms with Gasteiger partial charge in [-0.3, -0.25) is 4.98 Å². The monoisotopic (exact) mass is 234 g/mol. The summed E-state index contributed by atoms with van der Waals surface area (Å²) in [5, 5.41) is 5.11. The lowest BCUT2D eigenvalue weighted by molar-refractivity contribution is 1.05. The predicted molar refractivity (Wildman–Crippen MR) is 70.4 cm³/mol. The molecule has 0 bridgehead atoms. The summed E-state index contributed by atoms with van der Waals surface area (Å²) in [5.41, 5.74) is 4.24. The fourth-order valence-electron chi connectivity index (χ4n) is 1.85. The Bertz CT molecular complexity index is 535. The van der Waals surface area contributed by atoms with E-state index in [4.69, 9.17) is 11.6 Å². The van der Waals surface area contributed by atoms with Gasteiger partial charge in [-0.1, -0.05) is 18.5 Å². The zero-order valence-corrected chi connectivity index (χ0v) is 10.5. The van der Waals surface area contributed by atoms with Crippen molar-refractivity contribution in [3.8, 4) is 0 Å². The molecule has 2 rings (SSSR count). The van der Waals surface area contributed by atoms with Crippen LogP contribution in [0.3, 0.4) is 0 Å². The van der Waals surface area contributed by atoms with E-state index in [0.29, 0.717) is 0 Å². The maximum absolute atomic E-state index is 6.12. The van der Waals surface area contributed by atoms with E-state index >= 15 is 0 Å². The van der Waals surface area contributed by atoms with Crippen molar-refractivity contribution in [3.63, 3.8) is 0 Å². The van der Waals surface area contributed by atoms with Gasteiger partial charge >= 0.3 is 0 Å². The van der Waals surface area contributed by atoms with Crippen LogP contribution in [0.25, 0.3) is 10.9 Å². The number of benzene rings is 1. The zero-order valence-electron chi connectivity index (χ0n) is 9.76. The van der Waals surface area contributed by atoms with Gasteiger partial charge in [0, 0.05) is 28.8 Å². The Hall–Kier alpha value is -1.28. The van der Waals surface area contributed by atoms with Crippen LogP contribution in [-0.4, -0.2) is 12.0 Å². The van der Waals surface area contributed by atoms with Crippen LogP contribution in [0.2, 0.25) is 5.02 Å². The molecule has 16 heavy (non-hydrogen) atoms. The largest absolute Gasteiger partial charge is 0.388 e. The molecule has 0 saturated carbocycles. The van der Waals surface area contributed by atoms with Crippen molar-refractivity contribution in [2.75, 3.05) is 12.4 Å². The molecule has 0 aliphatic carbocycles. The smallest absolute Gasteiger partial charge is 0.0770 e. The van der Waals surface area contributed by atoms with E-state index in [1.54, 1.807) is 0 Å². The van der Waals surface area contributed by atoms with E-state index < -0.39 is 0 Å². The topological polar surface area (TPSA) is 24.9 Å². The van der Waals surface area contributed by atoms with Crippen LogP contribution >= 0.6 is 11.6 Å². The van der Waals surface area contributed by atoms with Crippen LogP contribution in [0.15, 0.2) is 18.2 Å². The predicted octanol–water partition coefficient (Wildman–Crippen LogP) is 3.80. The van der Waals surface area contributed by atoms with Gasteiger partial charge in [-0.2, -0.15) is 0 Å². The number of halogens is 1. The van der Waals surface area contributed by atoms with E-state index in [-0.39, 0.29) is 0 Å². The molecule has 0 unspecified atom stereocenters. The number of nitrogens with zero attached hydrogens (tertiary/aromatic N) is 1. The maximum atomic E-state index is 6.12. The van der Waals surface area contributed by atoms with Crippen molar-refractivity contribution in [1.29, 1.82) is 0 Å². The van der Waals surface area contributed by atoms with Crippen molar-refractivity contribution < 1.29 is 0 Å². The molecule has 0 aliphatic rings. The maximum Gasteiger partial charge on any atom is 0.0770 e. The van der Waals surface area contributed by atoms with Gasteiger partial charge in [0.1, 0.15) is 0 Å². The highest BCUT2D eigenvalue weighted by molar-refractivity contribution is 6.32. The Morgan fingerprint density at radius 3 is 2.75 bits per heavy atom. The van der Waals surface area contributed by atoms with E-state index in [2.05, 4.69) is 23.3 Å². The fourth-order valence-corrected chi connectivity index (χ4v) is 2.00. The first kappa shape index (κ1) is 11.2. The number of fused-ring (bicyclic) bond motifs is 1. The van der Waals surface area contributed by atoms with Gasteiger partial charge < -0.3 is 5.32 Å². The Balaban J connectivity index is 2.84. The Kier molecular flexibility index (Phi) is 3.01. The molecule has 1 N–H and O–H groups in total. The van der Waals surface area contributed by atoms with E-state index in [0.717, 1.165) is 39.3 Å². The average molecular weight is 235 g/mol. The molecular formula is C13H15ClN2. The number of pyridine rings is 1. The fraction of sp³-hybridized carbons (Fsp3) is 0.308. The van der Waals surface area contributed by atoms with Crippen molar-refractivity contribution in [2.24, 2.45) is 0 Å². The second-order valence-corrected chi connectivity index (χ2v) is 4.24. The summed E-state index contributed by atoms with van der Waals surface area (Å²) in [5.74, 6) is 0. The number of hydrogen-bond donors (Lipinski definition) is 1. The molecule has 0 aliphatic heterocycles. The first-order valence-corrected chi connectivity index (χ1v) is 5.81. The standard InChI is InChI=1S/C13H15ClN2/c1-4-9-7-12(15-3)10-5-6-11(14)8(2)13(10)16-9/h5-7H,4H2,1-3H3,(H,15,16). The molecule has 0 saturated heterocycles. The van der Waals surface area contributed by atoms with Gasteiger partial charge in [0.25, 0.3) is 0 Å². The molecule has 1 aromatic carbocycles. The van der Waals surface area contributed by atoms with Gasteiger partial charge in [0.05, 0.1) is 5.52 Å². The lowest BCUT2D eigenvalue weighted by atomic mass is 10.1. The van der Waals surface area contributed by atoms with Crippen LogP contribution < -0.4 is 5.32 Å².